The molecule has 1 rings (SSSR count). The number of nitrogens with zero attached hydrogens (tertiary/aromatic N) is 1. The van der Waals surface area contributed by atoms with E-state index in [4.69, 9.17) is 5.73 Å². The van der Waals surface area contributed by atoms with Crippen LogP contribution in [-0.4, -0.2) is 29.9 Å². The molecule has 3 heteroatoms. The third-order valence-electron chi connectivity index (χ3n) is 2.74. The lowest BCUT2D eigenvalue weighted by Crippen LogP contribution is -2.45. The van der Waals surface area contributed by atoms with Gasteiger partial charge >= 0.3 is 0 Å². The summed E-state index contributed by atoms with van der Waals surface area (Å²) in [5.74, 6) is -0.00106. The van der Waals surface area contributed by atoms with Gasteiger partial charge < -0.3 is 10.6 Å². The monoisotopic (exact) mass is 220 g/mol. The predicted octanol–water partition coefficient (Wildman–Crippen LogP) is 1.42. The molecule has 0 aromatic heterocycles. The Bertz CT molecular complexity index is 335. The van der Waals surface area contributed by atoms with Crippen LogP contribution in [-0.2, 0) is 11.2 Å². The van der Waals surface area contributed by atoms with Crippen LogP contribution in [0.25, 0.3) is 0 Å². The van der Waals surface area contributed by atoms with E-state index < -0.39 is 6.04 Å². The van der Waals surface area contributed by atoms with E-state index in [2.05, 4.69) is 0 Å². The molecule has 0 saturated carbocycles. The first-order valence-electron chi connectivity index (χ1n) is 5.58. The van der Waals surface area contributed by atoms with Gasteiger partial charge in [-0.25, -0.2) is 0 Å². The summed E-state index contributed by atoms with van der Waals surface area (Å²) in [6.45, 7) is 3.96. The van der Waals surface area contributed by atoms with Crippen LogP contribution in [0.1, 0.15) is 19.4 Å². The molecule has 0 aliphatic carbocycles. The Hall–Kier alpha value is -1.35. The van der Waals surface area contributed by atoms with Gasteiger partial charge in [0.05, 0.1) is 6.04 Å². The third-order valence-corrected chi connectivity index (χ3v) is 2.74. The molecule has 0 aliphatic rings. The van der Waals surface area contributed by atoms with Crippen LogP contribution in [0.3, 0.4) is 0 Å². The number of nitrogens with two attached hydrogens (primary N) is 1. The predicted molar refractivity (Wildman–Crippen MR) is 66.0 cm³/mol. The molecule has 0 unspecified atom stereocenters. The molecular weight excluding hydrogens is 200 g/mol. The van der Waals surface area contributed by atoms with Crippen molar-refractivity contribution in [3.63, 3.8) is 0 Å². The van der Waals surface area contributed by atoms with Crippen LogP contribution in [0.5, 0.6) is 0 Å². The molecule has 1 aromatic carbocycles. The summed E-state index contributed by atoms with van der Waals surface area (Å²) in [7, 11) is 1.79. The molecule has 3 nitrogen and oxygen atoms in total. The van der Waals surface area contributed by atoms with Crippen molar-refractivity contribution in [2.24, 2.45) is 5.73 Å². The number of carbonyl (C=O) groups is 1. The quantitative estimate of drug-likeness (QED) is 0.834. The first-order valence-corrected chi connectivity index (χ1v) is 5.58. The molecule has 0 saturated heterocycles. The number of amides is 1. The first kappa shape index (κ1) is 12.7. The molecule has 0 bridgehead atoms. The summed E-state index contributed by atoms with van der Waals surface area (Å²) >= 11 is 0. The van der Waals surface area contributed by atoms with E-state index in [1.54, 1.807) is 11.9 Å². The van der Waals surface area contributed by atoms with E-state index in [9.17, 15) is 4.79 Å². The maximum atomic E-state index is 11.9. The number of carbonyl (C=O) groups excluding carboxylic acids is 1. The van der Waals surface area contributed by atoms with E-state index in [-0.39, 0.29) is 11.9 Å². The maximum absolute atomic E-state index is 11.9. The molecular formula is C13H20N2O. The largest absolute Gasteiger partial charge is 0.342 e. The summed E-state index contributed by atoms with van der Waals surface area (Å²) in [4.78, 5) is 13.6. The summed E-state index contributed by atoms with van der Waals surface area (Å²) in [6, 6.07) is 9.59. The van der Waals surface area contributed by atoms with E-state index in [0.29, 0.717) is 6.42 Å². The van der Waals surface area contributed by atoms with Gasteiger partial charge in [0.25, 0.3) is 0 Å². The van der Waals surface area contributed by atoms with Crippen molar-refractivity contribution in [3.8, 4) is 0 Å². The van der Waals surface area contributed by atoms with Gasteiger partial charge in [-0.3, -0.25) is 4.79 Å². The minimum Gasteiger partial charge on any atom is -0.342 e. The Labute approximate surface area is 97.2 Å². The lowest BCUT2D eigenvalue weighted by molar-refractivity contribution is -0.132. The number of hydrogen-bond acceptors (Lipinski definition) is 2. The molecule has 1 atom stereocenters. The second kappa shape index (κ2) is 5.66. The molecule has 1 aromatic rings. The Morgan fingerprint density at radius 2 is 1.88 bits per heavy atom. The Morgan fingerprint density at radius 1 is 1.31 bits per heavy atom. The summed E-state index contributed by atoms with van der Waals surface area (Å²) in [5, 5.41) is 0. The molecule has 88 valence electrons. The molecule has 0 heterocycles. The van der Waals surface area contributed by atoms with Gasteiger partial charge in [-0.1, -0.05) is 30.3 Å². The van der Waals surface area contributed by atoms with Crippen molar-refractivity contribution < 1.29 is 4.79 Å². The number of hydrogen-bond donors (Lipinski definition) is 1. The van der Waals surface area contributed by atoms with Crippen LogP contribution >= 0.6 is 0 Å². The first-order chi connectivity index (χ1) is 7.52. The van der Waals surface area contributed by atoms with Crippen LogP contribution < -0.4 is 5.73 Å². The topological polar surface area (TPSA) is 46.3 Å². The lowest BCUT2D eigenvalue weighted by atomic mass is 10.1. The highest BCUT2D eigenvalue weighted by Gasteiger charge is 2.19. The van der Waals surface area contributed by atoms with Gasteiger partial charge in [0.2, 0.25) is 5.91 Å². The average Bonchev–Trinajstić information content (AvgIpc) is 2.28. The summed E-state index contributed by atoms with van der Waals surface area (Å²) in [6.07, 6.45) is 0.594. The van der Waals surface area contributed by atoms with Crippen molar-refractivity contribution in [2.75, 3.05) is 7.05 Å². The molecule has 0 radical (unpaired) electrons. The van der Waals surface area contributed by atoms with Crippen LogP contribution in [0.15, 0.2) is 30.3 Å². The molecule has 16 heavy (non-hydrogen) atoms. The Balaban J connectivity index is 2.59. The minimum absolute atomic E-state index is 0.00106. The zero-order valence-electron chi connectivity index (χ0n) is 10.2. The van der Waals surface area contributed by atoms with Gasteiger partial charge in [0.15, 0.2) is 0 Å². The summed E-state index contributed by atoms with van der Waals surface area (Å²) < 4.78 is 0. The van der Waals surface area contributed by atoms with Gasteiger partial charge in [0, 0.05) is 13.1 Å². The fraction of sp³-hybridized carbons (Fsp3) is 0.462. The van der Waals surface area contributed by atoms with Gasteiger partial charge in [0.1, 0.15) is 0 Å². The molecule has 0 aliphatic heterocycles. The Morgan fingerprint density at radius 3 is 2.38 bits per heavy atom. The Kier molecular flexibility index (Phi) is 4.50. The number of benzene rings is 1. The van der Waals surface area contributed by atoms with E-state index in [1.165, 1.54) is 0 Å². The van der Waals surface area contributed by atoms with Crippen molar-refractivity contribution in [2.45, 2.75) is 32.4 Å². The summed E-state index contributed by atoms with van der Waals surface area (Å²) in [5.41, 5.74) is 6.99. The fourth-order valence-corrected chi connectivity index (χ4v) is 1.47. The maximum Gasteiger partial charge on any atom is 0.239 e. The van der Waals surface area contributed by atoms with Gasteiger partial charge in [-0.05, 0) is 25.8 Å². The normalized spacial score (nSPS) is 12.6. The highest BCUT2D eigenvalue weighted by Crippen LogP contribution is 2.05. The molecule has 0 spiro atoms. The minimum atomic E-state index is -0.449. The third kappa shape index (κ3) is 3.35. The SMILES string of the molecule is CC(C)N(C)C(=O)[C@H](N)Cc1ccccc1. The van der Waals surface area contributed by atoms with Crippen molar-refractivity contribution >= 4 is 5.91 Å². The van der Waals surface area contributed by atoms with Crippen molar-refractivity contribution in [1.82, 2.24) is 4.90 Å². The van der Waals surface area contributed by atoms with Crippen LogP contribution in [0, 0.1) is 0 Å². The van der Waals surface area contributed by atoms with Crippen LogP contribution in [0.2, 0.25) is 0 Å². The van der Waals surface area contributed by atoms with E-state index in [1.807, 2.05) is 44.2 Å². The van der Waals surface area contributed by atoms with Gasteiger partial charge in [-0.2, -0.15) is 0 Å². The molecule has 2 N–H and O–H groups in total. The number of likely N-dealkylation sites (N-methyl/N-ethyl adjacent to an activating group) is 1. The zero-order valence-corrected chi connectivity index (χ0v) is 10.2. The van der Waals surface area contributed by atoms with E-state index >= 15 is 0 Å². The average molecular weight is 220 g/mol. The molecule has 0 fully saturated rings. The van der Waals surface area contributed by atoms with Crippen molar-refractivity contribution in [3.05, 3.63) is 35.9 Å². The van der Waals surface area contributed by atoms with Crippen molar-refractivity contribution in [1.29, 1.82) is 0 Å². The standard InChI is InChI=1S/C13H20N2O/c1-10(2)15(3)13(16)12(14)9-11-7-5-4-6-8-11/h4-8,10,12H,9,14H2,1-3H3/t12-/m1/s1. The van der Waals surface area contributed by atoms with Crippen LogP contribution in [0.4, 0.5) is 0 Å². The number of rotatable bonds is 4. The second-order valence-electron chi connectivity index (χ2n) is 4.34. The van der Waals surface area contributed by atoms with E-state index in [0.717, 1.165) is 5.56 Å². The zero-order chi connectivity index (χ0) is 12.1. The smallest absolute Gasteiger partial charge is 0.239 e. The lowest BCUT2D eigenvalue weighted by Gasteiger charge is -2.24. The fourth-order valence-electron chi connectivity index (χ4n) is 1.47. The molecule has 1 amide bonds. The highest BCUT2D eigenvalue weighted by atomic mass is 16.2. The second-order valence-corrected chi connectivity index (χ2v) is 4.34. The highest BCUT2D eigenvalue weighted by molar-refractivity contribution is 5.81. The van der Waals surface area contributed by atoms with Gasteiger partial charge in [-0.15, -0.1) is 0 Å².